The van der Waals surface area contributed by atoms with Crippen LogP contribution in [0.1, 0.15) is 30.5 Å². The molecule has 230 valence electrons. The lowest BCUT2D eigenvalue weighted by atomic mass is 10.0. The Hall–Kier alpha value is -3.95. The SMILES string of the molecule is Cc1cccc(N(CC(=O)N(Cc2ccc(Br)cc2)C(Cc2ccccc2)C(=O)NCC(C)C)S(=O)(=O)c2ccccc2)c1. The van der Waals surface area contributed by atoms with Gasteiger partial charge in [0.2, 0.25) is 11.8 Å². The number of rotatable bonds is 13. The standard InChI is InChI=1S/C35H38BrN3O4S/c1-26(2)23-37-35(41)33(22-28-12-6-4-7-13-28)38(24-29-17-19-30(36)20-18-29)34(40)25-39(31-14-10-11-27(3)21-31)44(42,43)32-15-8-5-9-16-32/h4-21,26,33H,22-25H2,1-3H3,(H,37,41). The first kappa shape index (κ1) is 33.0. The van der Waals surface area contributed by atoms with Crippen LogP contribution < -0.4 is 9.62 Å². The molecule has 0 radical (unpaired) electrons. The first-order chi connectivity index (χ1) is 21.0. The maximum atomic E-state index is 14.5. The molecule has 0 aliphatic rings. The summed E-state index contributed by atoms with van der Waals surface area (Å²) in [4.78, 5) is 29.9. The van der Waals surface area contributed by atoms with Crippen LogP contribution in [0.5, 0.6) is 0 Å². The molecule has 0 aliphatic carbocycles. The van der Waals surface area contributed by atoms with Gasteiger partial charge in [-0.15, -0.1) is 0 Å². The van der Waals surface area contributed by atoms with E-state index in [0.29, 0.717) is 12.2 Å². The third-order valence-corrected chi connectivity index (χ3v) is 9.44. The number of carbonyl (C=O) groups is 2. The van der Waals surface area contributed by atoms with Gasteiger partial charge in [-0.1, -0.05) is 103 Å². The highest BCUT2D eigenvalue weighted by molar-refractivity contribution is 9.10. The Kier molecular flexibility index (Phi) is 11.4. The number of amides is 2. The summed E-state index contributed by atoms with van der Waals surface area (Å²) in [5.74, 6) is -0.574. The number of anilines is 1. The minimum absolute atomic E-state index is 0.0734. The minimum Gasteiger partial charge on any atom is -0.354 e. The lowest BCUT2D eigenvalue weighted by Gasteiger charge is -2.34. The molecule has 0 saturated carbocycles. The third kappa shape index (κ3) is 8.80. The number of nitrogens with zero attached hydrogens (tertiary/aromatic N) is 2. The van der Waals surface area contributed by atoms with E-state index in [9.17, 15) is 18.0 Å². The van der Waals surface area contributed by atoms with Crippen molar-refractivity contribution in [1.29, 1.82) is 0 Å². The molecule has 4 aromatic carbocycles. The molecule has 0 aromatic heterocycles. The monoisotopic (exact) mass is 675 g/mol. The molecule has 0 saturated heterocycles. The van der Waals surface area contributed by atoms with Gasteiger partial charge >= 0.3 is 0 Å². The minimum atomic E-state index is -4.13. The number of sulfonamides is 1. The summed E-state index contributed by atoms with van der Waals surface area (Å²) < 4.78 is 30.1. The van der Waals surface area contributed by atoms with Crippen LogP contribution in [0.4, 0.5) is 5.69 Å². The predicted octanol–water partition coefficient (Wildman–Crippen LogP) is 6.37. The van der Waals surface area contributed by atoms with E-state index in [1.807, 2.05) is 81.4 Å². The molecule has 2 amide bonds. The van der Waals surface area contributed by atoms with Gasteiger partial charge in [0.25, 0.3) is 10.0 Å². The zero-order chi connectivity index (χ0) is 31.7. The van der Waals surface area contributed by atoms with Crippen molar-refractivity contribution in [2.45, 2.75) is 44.7 Å². The number of hydrogen-bond acceptors (Lipinski definition) is 4. The Morgan fingerprint density at radius 2 is 1.45 bits per heavy atom. The summed E-state index contributed by atoms with van der Waals surface area (Å²) in [6.07, 6.45) is 0.267. The van der Waals surface area contributed by atoms with Gasteiger partial charge in [0, 0.05) is 24.0 Å². The van der Waals surface area contributed by atoms with Gasteiger partial charge in [0.15, 0.2) is 0 Å². The summed E-state index contributed by atoms with van der Waals surface area (Å²) in [6, 6.07) is 31.3. The zero-order valence-corrected chi connectivity index (χ0v) is 27.6. The summed E-state index contributed by atoms with van der Waals surface area (Å²) in [5.41, 5.74) is 2.92. The topological polar surface area (TPSA) is 86.8 Å². The molecule has 7 nitrogen and oxygen atoms in total. The van der Waals surface area contributed by atoms with Crippen LogP contribution in [0.3, 0.4) is 0 Å². The highest BCUT2D eigenvalue weighted by Crippen LogP contribution is 2.26. The molecular formula is C35H38BrN3O4S. The van der Waals surface area contributed by atoms with Crippen LogP contribution in [0, 0.1) is 12.8 Å². The van der Waals surface area contributed by atoms with Crippen LogP contribution in [0.15, 0.2) is 119 Å². The van der Waals surface area contributed by atoms with Crippen LogP contribution in [-0.4, -0.2) is 44.3 Å². The zero-order valence-electron chi connectivity index (χ0n) is 25.2. The molecule has 1 unspecified atom stereocenters. The van der Waals surface area contributed by atoms with Crippen LogP contribution >= 0.6 is 15.9 Å². The van der Waals surface area contributed by atoms with Gasteiger partial charge in [0.1, 0.15) is 12.6 Å². The maximum Gasteiger partial charge on any atom is 0.264 e. The highest BCUT2D eigenvalue weighted by atomic mass is 79.9. The van der Waals surface area contributed by atoms with Crippen molar-refractivity contribution in [2.24, 2.45) is 5.92 Å². The molecule has 0 aliphatic heterocycles. The second kappa shape index (κ2) is 15.2. The van der Waals surface area contributed by atoms with Crippen molar-refractivity contribution >= 4 is 43.5 Å². The Labute approximate surface area is 269 Å². The van der Waals surface area contributed by atoms with Crippen molar-refractivity contribution < 1.29 is 18.0 Å². The van der Waals surface area contributed by atoms with E-state index >= 15 is 0 Å². The van der Waals surface area contributed by atoms with Crippen LogP contribution in [0.25, 0.3) is 0 Å². The Balaban J connectivity index is 1.79. The Bertz CT molecular complexity index is 1650. The molecule has 44 heavy (non-hydrogen) atoms. The van der Waals surface area contributed by atoms with Gasteiger partial charge in [0.05, 0.1) is 10.6 Å². The second-order valence-electron chi connectivity index (χ2n) is 11.2. The molecule has 4 rings (SSSR count). The fraction of sp³-hybridized carbons (Fsp3) is 0.257. The number of nitrogens with one attached hydrogen (secondary N) is 1. The lowest BCUT2D eigenvalue weighted by molar-refractivity contribution is -0.140. The molecule has 1 N–H and O–H groups in total. The van der Waals surface area contributed by atoms with Gasteiger partial charge in [-0.25, -0.2) is 8.42 Å². The Morgan fingerprint density at radius 3 is 2.07 bits per heavy atom. The van der Waals surface area contributed by atoms with Crippen LogP contribution in [0.2, 0.25) is 0 Å². The molecule has 1 atom stereocenters. The smallest absolute Gasteiger partial charge is 0.264 e. The average molecular weight is 677 g/mol. The van der Waals surface area contributed by atoms with E-state index in [-0.39, 0.29) is 29.7 Å². The molecule has 0 fully saturated rings. The van der Waals surface area contributed by atoms with E-state index in [1.54, 1.807) is 36.4 Å². The van der Waals surface area contributed by atoms with Gasteiger partial charge < -0.3 is 10.2 Å². The van der Waals surface area contributed by atoms with Crippen molar-refractivity contribution in [3.05, 3.63) is 130 Å². The first-order valence-corrected chi connectivity index (χ1v) is 16.8. The van der Waals surface area contributed by atoms with E-state index in [4.69, 9.17) is 0 Å². The molecule has 9 heteroatoms. The fourth-order valence-corrected chi connectivity index (χ4v) is 6.49. The van der Waals surface area contributed by atoms with Gasteiger partial charge in [-0.3, -0.25) is 13.9 Å². The molecular weight excluding hydrogens is 638 g/mol. The van der Waals surface area contributed by atoms with Crippen molar-refractivity contribution in [3.8, 4) is 0 Å². The summed E-state index contributed by atoms with van der Waals surface area (Å²) >= 11 is 3.46. The van der Waals surface area contributed by atoms with Crippen molar-refractivity contribution in [1.82, 2.24) is 10.2 Å². The second-order valence-corrected chi connectivity index (χ2v) is 13.9. The third-order valence-electron chi connectivity index (χ3n) is 7.12. The highest BCUT2D eigenvalue weighted by Gasteiger charge is 2.34. The van der Waals surface area contributed by atoms with Crippen molar-refractivity contribution in [3.63, 3.8) is 0 Å². The summed E-state index contributed by atoms with van der Waals surface area (Å²) in [6.45, 7) is 5.96. The van der Waals surface area contributed by atoms with E-state index in [0.717, 1.165) is 25.5 Å². The normalized spacial score (nSPS) is 12.0. The number of benzene rings is 4. The molecule has 0 spiro atoms. The summed E-state index contributed by atoms with van der Waals surface area (Å²) in [7, 11) is -4.13. The molecule has 0 bridgehead atoms. The number of carbonyl (C=O) groups excluding carboxylic acids is 2. The van der Waals surface area contributed by atoms with Crippen LogP contribution in [-0.2, 0) is 32.6 Å². The first-order valence-electron chi connectivity index (χ1n) is 14.5. The number of halogens is 1. The predicted molar refractivity (Wildman–Crippen MR) is 179 cm³/mol. The van der Waals surface area contributed by atoms with Crippen molar-refractivity contribution in [2.75, 3.05) is 17.4 Å². The Morgan fingerprint density at radius 1 is 0.818 bits per heavy atom. The largest absolute Gasteiger partial charge is 0.354 e. The number of aryl methyl sites for hydroxylation is 1. The fourth-order valence-electron chi connectivity index (χ4n) is 4.79. The lowest BCUT2D eigenvalue weighted by Crippen LogP contribution is -2.53. The summed E-state index contributed by atoms with van der Waals surface area (Å²) in [5, 5.41) is 3.01. The van der Waals surface area contributed by atoms with E-state index < -0.39 is 28.5 Å². The van der Waals surface area contributed by atoms with Gasteiger partial charge in [-0.05, 0) is 65.9 Å². The number of hydrogen-bond donors (Lipinski definition) is 1. The quantitative estimate of drug-likeness (QED) is 0.179. The average Bonchev–Trinajstić information content (AvgIpc) is 3.02. The molecule has 4 aromatic rings. The maximum absolute atomic E-state index is 14.5. The molecule has 0 heterocycles. The van der Waals surface area contributed by atoms with E-state index in [2.05, 4.69) is 21.2 Å². The van der Waals surface area contributed by atoms with Gasteiger partial charge in [-0.2, -0.15) is 0 Å². The van der Waals surface area contributed by atoms with E-state index in [1.165, 1.54) is 17.0 Å².